The summed E-state index contributed by atoms with van der Waals surface area (Å²) in [6.07, 6.45) is 4.94. The number of carbonyl (C=O) groups excluding carboxylic acids is 2. The van der Waals surface area contributed by atoms with Gasteiger partial charge in [-0.3, -0.25) is 9.59 Å². The highest BCUT2D eigenvalue weighted by atomic mass is 19.1. The van der Waals surface area contributed by atoms with Crippen LogP contribution in [-0.4, -0.2) is 45.3 Å². The molecule has 1 aromatic carbocycles. The summed E-state index contributed by atoms with van der Waals surface area (Å²) in [5.74, 6) is -0.196. The molecule has 1 saturated carbocycles. The Hall–Kier alpha value is -2.63. The number of fused-ring (bicyclic) bond motifs is 1. The molecule has 0 radical (unpaired) electrons. The van der Waals surface area contributed by atoms with Crippen LogP contribution in [0, 0.1) is 11.7 Å². The molecule has 2 aliphatic rings. The zero-order valence-corrected chi connectivity index (χ0v) is 17.1. The van der Waals surface area contributed by atoms with Crippen LogP contribution in [0.25, 0.3) is 0 Å². The van der Waals surface area contributed by atoms with E-state index in [1.165, 1.54) is 12.1 Å². The molecule has 1 aliphatic heterocycles. The lowest BCUT2D eigenvalue weighted by atomic mass is 9.84. The van der Waals surface area contributed by atoms with Crippen LogP contribution in [0.15, 0.2) is 42.6 Å². The molecule has 29 heavy (non-hydrogen) atoms. The molecule has 1 aromatic heterocycles. The molecule has 154 valence electrons. The number of hydrogen-bond donors (Lipinski definition) is 0. The van der Waals surface area contributed by atoms with Crippen molar-refractivity contribution in [1.82, 2.24) is 14.4 Å². The topological polar surface area (TPSA) is 45.6 Å². The number of halogens is 1. The molecule has 2 amide bonds. The second-order valence-corrected chi connectivity index (χ2v) is 8.36. The predicted molar refractivity (Wildman–Crippen MR) is 109 cm³/mol. The maximum atomic E-state index is 13.5. The van der Waals surface area contributed by atoms with E-state index >= 15 is 0 Å². The fraction of sp³-hybridized carbons (Fsp3) is 0.478. The van der Waals surface area contributed by atoms with Crippen molar-refractivity contribution in [3.8, 4) is 0 Å². The zero-order chi connectivity index (χ0) is 20.5. The number of benzene rings is 1. The molecule has 0 saturated heterocycles. The summed E-state index contributed by atoms with van der Waals surface area (Å²) in [5, 5.41) is 0. The van der Waals surface area contributed by atoms with Gasteiger partial charge in [-0.25, -0.2) is 4.39 Å². The average molecular weight is 397 g/mol. The van der Waals surface area contributed by atoms with Crippen LogP contribution in [-0.2, 0) is 16.1 Å². The first kappa shape index (κ1) is 19.7. The Balaban J connectivity index is 1.60. The first-order chi connectivity index (χ1) is 14.0. The van der Waals surface area contributed by atoms with Gasteiger partial charge in [0.05, 0.1) is 6.04 Å². The number of carbonyl (C=O) groups is 2. The van der Waals surface area contributed by atoms with Gasteiger partial charge in [-0.15, -0.1) is 0 Å². The minimum absolute atomic E-state index is 0.0232. The quantitative estimate of drug-likeness (QED) is 0.774. The Morgan fingerprint density at radius 2 is 1.86 bits per heavy atom. The summed E-state index contributed by atoms with van der Waals surface area (Å²) in [7, 11) is 0. The second-order valence-electron chi connectivity index (χ2n) is 8.36. The Kier molecular flexibility index (Phi) is 5.43. The number of hydrogen-bond acceptors (Lipinski definition) is 2. The third-order valence-electron chi connectivity index (χ3n) is 6.21. The zero-order valence-electron chi connectivity index (χ0n) is 17.1. The van der Waals surface area contributed by atoms with Gasteiger partial charge in [0.2, 0.25) is 11.8 Å². The molecule has 6 heteroatoms. The third kappa shape index (κ3) is 3.80. The summed E-state index contributed by atoms with van der Waals surface area (Å²) in [6, 6.07) is 10.0. The van der Waals surface area contributed by atoms with Crippen molar-refractivity contribution >= 4 is 11.8 Å². The molecule has 0 N–H and O–H groups in total. The van der Waals surface area contributed by atoms with Gasteiger partial charge in [0.15, 0.2) is 0 Å². The molecule has 2 aromatic rings. The first-order valence-corrected chi connectivity index (χ1v) is 10.5. The number of amides is 2. The van der Waals surface area contributed by atoms with E-state index in [-0.39, 0.29) is 42.2 Å². The molecule has 1 atom stereocenters. The van der Waals surface area contributed by atoms with Crippen LogP contribution in [0.2, 0.25) is 0 Å². The molecule has 1 unspecified atom stereocenters. The molecule has 4 rings (SSSR count). The Bertz CT molecular complexity index is 886. The largest absolute Gasteiger partial charge is 0.348 e. The minimum Gasteiger partial charge on any atom is -0.348 e. The van der Waals surface area contributed by atoms with Gasteiger partial charge in [-0.2, -0.15) is 0 Å². The van der Waals surface area contributed by atoms with Crippen LogP contribution < -0.4 is 0 Å². The highest BCUT2D eigenvalue weighted by Gasteiger charge is 2.36. The molecule has 0 spiro atoms. The van der Waals surface area contributed by atoms with Crippen molar-refractivity contribution in [2.75, 3.05) is 13.1 Å². The summed E-state index contributed by atoms with van der Waals surface area (Å²) in [6.45, 7) is 5.28. The van der Waals surface area contributed by atoms with Crippen molar-refractivity contribution in [2.24, 2.45) is 5.92 Å². The Morgan fingerprint density at radius 1 is 1.14 bits per heavy atom. The van der Waals surface area contributed by atoms with Gasteiger partial charge in [0.1, 0.15) is 12.4 Å². The van der Waals surface area contributed by atoms with Gasteiger partial charge < -0.3 is 14.4 Å². The highest BCUT2D eigenvalue weighted by molar-refractivity contribution is 5.87. The van der Waals surface area contributed by atoms with Gasteiger partial charge in [-0.1, -0.05) is 18.6 Å². The molecule has 0 bridgehead atoms. The summed E-state index contributed by atoms with van der Waals surface area (Å²) >= 11 is 0. The maximum absolute atomic E-state index is 13.5. The van der Waals surface area contributed by atoms with E-state index in [0.29, 0.717) is 13.1 Å². The van der Waals surface area contributed by atoms with Gasteiger partial charge in [-0.05, 0) is 56.5 Å². The molecular weight excluding hydrogens is 369 g/mol. The summed E-state index contributed by atoms with van der Waals surface area (Å²) in [5.41, 5.74) is 1.89. The monoisotopic (exact) mass is 397 g/mol. The smallest absolute Gasteiger partial charge is 0.243 e. The molecule has 5 nitrogen and oxygen atoms in total. The van der Waals surface area contributed by atoms with Crippen molar-refractivity contribution in [2.45, 2.75) is 51.7 Å². The molecule has 2 heterocycles. The summed E-state index contributed by atoms with van der Waals surface area (Å²) < 4.78 is 15.6. The van der Waals surface area contributed by atoms with Gasteiger partial charge in [0, 0.05) is 36.9 Å². The van der Waals surface area contributed by atoms with E-state index in [1.54, 1.807) is 17.0 Å². The lowest BCUT2D eigenvalue weighted by molar-refractivity contribution is -0.147. The van der Waals surface area contributed by atoms with Gasteiger partial charge >= 0.3 is 0 Å². The number of rotatable bonds is 5. The Morgan fingerprint density at radius 3 is 2.48 bits per heavy atom. The number of nitrogens with zero attached hydrogens (tertiary/aromatic N) is 3. The second kappa shape index (κ2) is 8.01. The van der Waals surface area contributed by atoms with Crippen molar-refractivity contribution < 1.29 is 14.0 Å². The standard InChI is InChI=1S/C23H28FN3O2/c1-16(2)27(23(29)18-5-3-6-18)15-21(28)26-14-13-25-12-4-7-20(25)22(26)17-8-10-19(24)11-9-17/h4,7-12,16,18,22H,3,5-6,13-15H2,1-2H3. The Labute approximate surface area is 171 Å². The normalized spacial score (nSPS) is 19.0. The van der Waals surface area contributed by atoms with E-state index < -0.39 is 0 Å². The average Bonchev–Trinajstić information content (AvgIpc) is 3.13. The lowest BCUT2D eigenvalue weighted by Crippen LogP contribution is -2.51. The SMILES string of the molecule is CC(C)N(CC(=O)N1CCn2cccc2C1c1ccc(F)cc1)C(=O)C1CCC1. The lowest BCUT2D eigenvalue weighted by Gasteiger charge is -2.40. The van der Waals surface area contributed by atoms with Crippen LogP contribution in [0.5, 0.6) is 0 Å². The van der Waals surface area contributed by atoms with Crippen molar-refractivity contribution in [3.63, 3.8) is 0 Å². The molecular formula is C23H28FN3O2. The van der Waals surface area contributed by atoms with Crippen LogP contribution in [0.1, 0.15) is 50.4 Å². The van der Waals surface area contributed by atoms with Crippen LogP contribution >= 0.6 is 0 Å². The van der Waals surface area contributed by atoms with E-state index in [2.05, 4.69) is 4.57 Å². The van der Waals surface area contributed by atoms with E-state index in [4.69, 9.17) is 0 Å². The minimum atomic E-state index is -0.296. The van der Waals surface area contributed by atoms with Gasteiger partial charge in [0.25, 0.3) is 0 Å². The first-order valence-electron chi connectivity index (χ1n) is 10.5. The fourth-order valence-corrected chi connectivity index (χ4v) is 4.29. The van der Waals surface area contributed by atoms with Crippen LogP contribution in [0.4, 0.5) is 4.39 Å². The third-order valence-corrected chi connectivity index (χ3v) is 6.21. The molecule has 1 aliphatic carbocycles. The number of aromatic nitrogens is 1. The van der Waals surface area contributed by atoms with E-state index in [0.717, 1.165) is 30.5 Å². The van der Waals surface area contributed by atoms with Crippen molar-refractivity contribution in [3.05, 3.63) is 59.7 Å². The van der Waals surface area contributed by atoms with Crippen LogP contribution in [0.3, 0.4) is 0 Å². The molecule has 1 fully saturated rings. The summed E-state index contributed by atoms with van der Waals surface area (Å²) in [4.78, 5) is 29.8. The van der Waals surface area contributed by atoms with E-state index in [9.17, 15) is 14.0 Å². The highest BCUT2D eigenvalue weighted by Crippen LogP contribution is 2.33. The predicted octanol–water partition coefficient (Wildman–Crippen LogP) is 3.60. The van der Waals surface area contributed by atoms with E-state index in [1.807, 2.05) is 37.1 Å². The maximum Gasteiger partial charge on any atom is 0.243 e. The fourth-order valence-electron chi connectivity index (χ4n) is 4.29. The van der Waals surface area contributed by atoms with Crippen molar-refractivity contribution in [1.29, 1.82) is 0 Å².